The highest BCUT2D eigenvalue weighted by molar-refractivity contribution is 7.93. The predicted molar refractivity (Wildman–Crippen MR) is 135 cm³/mol. The number of carbonyl (C=O) groups is 1. The van der Waals surface area contributed by atoms with E-state index in [1.165, 1.54) is 0 Å². The molecule has 10 heteroatoms. The lowest BCUT2D eigenvalue weighted by Crippen LogP contribution is -2.44. The smallest absolute Gasteiger partial charge is 0.319 e. The first-order chi connectivity index (χ1) is 16.6. The summed E-state index contributed by atoms with van der Waals surface area (Å²) in [5, 5.41) is 5.45. The van der Waals surface area contributed by atoms with Crippen molar-refractivity contribution in [1.29, 1.82) is 0 Å². The van der Waals surface area contributed by atoms with Crippen LogP contribution in [0.4, 0.5) is 16.3 Å². The standard InChI is InChI=1S/C25H33N5O4S/c1-16-15-34-13-12-30(16)22-14-21(25(2,3)35(32,33)20-10-11-20)28-23(29-22)17-4-6-18(7-5-17)26-24(31)27-19-8-9-19/h4-7,14,16,19-20H,8-13,15H2,1-3H3,(H2,26,27,31)/t16-/m0/s1. The summed E-state index contributed by atoms with van der Waals surface area (Å²) in [7, 11) is -3.39. The Labute approximate surface area is 206 Å². The maximum absolute atomic E-state index is 13.3. The average molecular weight is 500 g/mol. The molecule has 1 aromatic carbocycles. The number of hydrogen-bond donors (Lipinski definition) is 2. The molecule has 2 N–H and O–H groups in total. The first-order valence-corrected chi connectivity index (χ1v) is 13.8. The summed E-state index contributed by atoms with van der Waals surface area (Å²) >= 11 is 0. The van der Waals surface area contributed by atoms with Gasteiger partial charge in [0.1, 0.15) is 10.6 Å². The second kappa shape index (κ2) is 9.05. The molecule has 2 amide bonds. The minimum absolute atomic E-state index is 0.110. The lowest BCUT2D eigenvalue weighted by Gasteiger charge is -2.35. The maximum atomic E-state index is 13.3. The monoisotopic (exact) mass is 499 g/mol. The van der Waals surface area contributed by atoms with E-state index in [0.717, 1.165) is 18.4 Å². The zero-order valence-corrected chi connectivity index (χ0v) is 21.3. The van der Waals surface area contributed by atoms with Gasteiger partial charge in [-0.15, -0.1) is 0 Å². The predicted octanol–water partition coefficient (Wildman–Crippen LogP) is 3.46. The van der Waals surface area contributed by atoms with Crippen molar-refractivity contribution < 1.29 is 17.9 Å². The summed E-state index contributed by atoms with van der Waals surface area (Å²) in [6.07, 6.45) is 3.47. The Morgan fingerprint density at radius 2 is 1.83 bits per heavy atom. The molecule has 1 aliphatic heterocycles. The van der Waals surface area contributed by atoms with Crippen LogP contribution in [0.1, 0.15) is 52.1 Å². The second-order valence-corrected chi connectivity index (χ2v) is 13.0. The van der Waals surface area contributed by atoms with E-state index >= 15 is 0 Å². The Bertz CT molecular complexity index is 1210. The van der Waals surface area contributed by atoms with Crippen molar-refractivity contribution in [3.8, 4) is 11.4 Å². The SMILES string of the molecule is C[C@H]1COCCN1c1cc(C(C)(C)S(=O)(=O)C2CC2)nc(-c2ccc(NC(=O)NC3CC3)cc2)n1. The van der Waals surface area contributed by atoms with Crippen LogP contribution >= 0.6 is 0 Å². The summed E-state index contributed by atoms with van der Waals surface area (Å²) in [4.78, 5) is 23.8. The van der Waals surface area contributed by atoms with Gasteiger partial charge in [-0.1, -0.05) is 0 Å². The molecule has 2 heterocycles. The fourth-order valence-corrected chi connectivity index (χ4v) is 6.30. The number of sulfone groups is 1. The zero-order chi connectivity index (χ0) is 24.8. The Kier molecular flexibility index (Phi) is 6.21. The molecular weight excluding hydrogens is 466 g/mol. The summed E-state index contributed by atoms with van der Waals surface area (Å²) in [6, 6.07) is 9.31. The number of carbonyl (C=O) groups excluding carboxylic acids is 1. The number of ether oxygens (including phenoxy) is 1. The van der Waals surface area contributed by atoms with Gasteiger partial charge in [0.05, 0.1) is 30.2 Å². The molecular formula is C25H33N5O4S. The largest absolute Gasteiger partial charge is 0.377 e. The minimum Gasteiger partial charge on any atom is -0.377 e. The van der Waals surface area contributed by atoms with Gasteiger partial charge in [0.15, 0.2) is 15.7 Å². The number of rotatable bonds is 7. The Balaban J connectivity index is 1.49. The normalized spacial score (nSPS) is 21.0. The topological polar surface area (TPSA) is 114 Å². The van der Waals surface area contributed by atoms with Crippen molar-refractivity contribution in [3.63, 3.8) is 0 Å². The molecule has 2 aromatic rings. The fourth-order valence-electron chi connectivity index (χ4n) is 4.31. The third-order valence-corrected chi connectivity index (χ3v) is 9.96. The maximum Gasteiger partial charge on any atom is 0.319 e. The van der Waals surface area contributed by atoms with Crippen LogP contribution in [0.15, 0.2) is 30.3 Å². The molecule has 0 radical (unpaired) electrons. The number of urea groups is 1. The molecule has 5 rings (SSSR count). The number of anilines is 2. The van der Waals surface area contributed by atoms with Gasteiger partial charge in [-0.05, 0) is 70.7 Å². The molecule has 1 atom stereocenters. The van der Waals surface area contributed by atoms with Gasteiger partial charge in [-0.2, -0.15) is 0 Å². The molecule has 0 spiro atoms. The van der Waals surface area contributed by atoms with Crippen molar-refractivity contribution >= 4 is 27.4 Å². The van der Waals surface area contributed by atoms with E-state index in [9.17, 15) is 13.2 Å². The van der Waals surface area contributed by atoms with Crippen LogP contribution in [0.25, 0.3) is 11.4 Å². The van der Waals surface area contributed by atoms with E-state index in [2.05, 4.69) is 22.5 Å². The van der Waals surface area contributed by atoms with Crippen LogP contribution < -0.4 is 15.5 Å². The van der Waals surface area contributed by atoms with Crippen molar-refractivity contribution in [1.82, 2.24) is 15.3 Å². The Morgan fingerprint density at radius 1 is 1.11 bits per heavy atom. The summed E-state index contributed by atoms with van der Waals surface area (Å²) in [6.45, 7) is 7.40. The quantitative estimate of drug-likeness (QED) is 0.600. The zero-order valence-electron chi connectivity index (χ0n) is 20.5. The summed E-state index contributed by atoms with van der Waals surface area (Å²) in [5.41, 5.74) is 1.91. The highest BCUT2D eigenvalue weighted by Gasteiger charge is 2.48. The van der Waals surface area contributed by atoms with E-state index in [1.54, 1.807) is 26.0 Å². The van der Waals surface area contributed by atoms with Gasteiger partial charge in [-0.25, -0.2) is 23.2 Å². The molecule has 0 unspecified atom stereocenters. The minimum atomic E-state index is -3.39. The van der Waals surface area contributed by atoms with Crippen LogP contribution in [-0.2, 0) is 19.3 Å². The molecule has 1 aromatic heterocycles. The molecule has 0 bridgehead atoms. The van der Waals surface area contributed by atoms with Gasteiger partial charge in [-0.3, -0.25) is 0 Å². The number of aromatic nitrogens is 2. The number of benzene rings is 1. The van der Waals surface area contributed by atoms with Crippen LogP contribution in [0.5, 0.6) is 0 Å². The molecule has 188 valence electrons. The van der Waals surface area contributed by atoms with Crippen LogP contribution in [-0.4, -0.2) is 61.5 Å². The second-order valence-electron chi connectivity index (χ2n) is 10.3. The number of amides is 2. The first kappa shape index (κ1) is 24.0. The van der Waals surface area contributed by atoms with E-state index in [-0.39, 0.29) is 23.4 Å². The van der Waals surface area contributed by atoms with Crippen molar-refractivity contribution in [2.75, 3.05) is 30.0 Å². The van der Waals surface area contributed by atoms with Gasteiger partial charge < -0.3 is 20.3 Å². The lowest BCUT2D eigenvalue weighted by atomic mass is 10.1. The first-order valence-electron chi connectivity index (χ1n) is 12.3. The fraction of sp³-hybridized carbons (Fsp3) is 0.560. The van der Waals surface area contributed by atoms with Gasteiger partial charge in [0.25, 0.3) is 0 Å². The van der Waals surface area contributed by atoms with E-state index in [4.69, 9.17) is 14.7 Å². The van der Waals surface area contributed by atoms with Crippen molar-refractivity contribution in [2.24, 2.45) is 0 Å². The van der Waals surface area contributed by atoms with E-state index in [0.29, 0.717) is 55.6 Å². The van der Waals surface area contributed by atoms with Gasteiger partial charge >= 0.3 is 6.03 Å². The van der Waals surface area contributed by atoms with Crippen LogP contribution in [0, 0.1) is 0 Å². The van der Waals surface area contributed by atoms with Crippen LogP contribution in [0.3, 0.4) is 0 Å². The summed E-state index contributed by atoms with van der Waals surface area (Å²) in [5.74, 6) is 1.16. The van der Waals surface area contributed by atoms with Gasteiger partial charge in [0, 0.05) is 29.9 Å². The molecule has 1 saturated heterocycles. The van der Waals surface area contributed by atoms with Crippen molar-refractivity contribution in [2.45, 2.75) is 68.5 Å². The molecule has 3 fully saturated rings. The highest BCUT2D eigenvalue weighted by Crippen LogP contribution is 2.42. The van der Waals surface area contributed by atoms with E-state index < -0.39 is 14.6 Å². The Hall–Kier alpha value is -2.72. The third-order valence-electron chi connectivity index (χ3n) is 6.98. The molecule has 3 aliphatic rings. The number of nitrogens with zero attached hydrogens (tertiary/aromatic N) is 3. The average Bonchev–Trinajstić information content (AvgIpc) is 3.74. The lowest BCUT2D eigenvalue weighted by molar-refractivity contribution is 0.0985. The molecule has 2 saturated carbocycles. The summed E-state index contributed by atoms with van der Waals surface area (Å²) < 4.78 is 31.1. The van der Waals surface area contributed by atoms with Crippen molar-refractivity contribution in [3.05, 3.63) is 36.0 Å². The van der Waals surface area contributed by atoms with E-state index in [1.807, 2.05) is 18.2 Å². The van der Waals surface area contributed by atoms with Gasteiger partial charge in [0.2, 0.25) is 0 Å². The number of hydrogen-bond acceptors (Lipinski definition) is 7. The molecule has 9 nitrogen and oxygen atoms in total. The Morgan fingerprint density at radius 3 is 2.46 bits per heavy atom. The number of morpholine rings is 1. The number of nitrogens with one attached hydrogen (secondary N) is 2. The highest BCUT2D eigenvalue weighted by atomic mass is 32.2. The molecule has 2 aliphatic carbocycles. The third kappa shape index (κ3) is 4.99. The van der Waals surface area contributed by atoms with Crippen LogP contribution in [0.2, 0.25) is 0 Å². The molecule has 35 heavy (non-hydrogen) atoms.